The van der Waals surface area contributed by atoms with E-state index in [1.165, 1.54) is 16.7 Å². The van der Waals surface area contributed by atoms with Gasteiger partial charge in [-0.1, -0.05) is 62.2 Å². The van der Waals surface area contributed by atoms with Crippen molar-refractivity contribution in [3.8, 4) is 6.07 Å². The number of aryl methyl sites for hydroxylation is 1. The molecule has 0 saturated carbocycles. The van der Waals surface area contributed by atoms with E-state index in [2.05, 4.69) is 64.1 Å². The van der Waals surface area contributed by atoms with E-state index in [9.17, 15) is 5.26 Å². The molecule has 0 aromatic heterocycles. The Kier molecular flexibility index (Phi) is 4.04. The molecule has 0 bridgehead atoms. The number of benzene rings is 1. The first kappa shape index (κ1) is 14.9. The van der Waals surface area contributed by atoms with Crippen molar-refractivity contribution in [3.63, 3.8) is 0 Å². The van der Waals surface area contributed by atoms with Crippen molar-refractivity contribution in [1.29, 1.82) is 5.26 Å². The average molecular weight is 267 g/mol. The van der Waals surface area contributed by atoms with Gasteiger partial charge in [0, 0.05) is 11.8 Å². The molecule has 1 nitrogen and oxygen atoms in total. The molecule has 0 saturated heterocycles. The van der Waals surface area contributed by atoms with Gasteiger partial charge in [0.05, 0.1) is 6.07 Å². The predicted octanol–water partition coefficient (Wildman–Crippen LogP) is 5.30. The standard InChI is InChI=1S/C19H25N/c1-15-5-7-17(8-6-15)19(13-14-20)11-9-16(10-12-19)18(2,3)4/h5-9H,10-13H2,1-4H3. The van der Waals surface area contributed by atoms with Crippen LogP contribution in [-0.4, -0.2) is 0 Å². The fourth-order valence-corrected chi connectivity index (χ4v) is 3.16. The van der Waals surface area contributed by atoms with E-state index in [4.69, 9.17) is 0 Å². The zero-order valence-corrected chi connectivity index (χ0v) is 13.2. The molecule has 1 heteroatoms. The van der Waals surface area contributed by atoms with Gasteiger partial charge in [0.1, 0.15) is 0 Å². The Labute approximate surface area is 123 Å². The number of nitriles is 1. The minimum Gasteiger partial charge on any atom is -0.198 e. The van der Waals surface area contributed by atoms with Crippen molar-refractivity contribution in [2.75, 3.05) is 0 Å². The Morgan fingerprint density at radius 2 is 1.85 bits per heavy atom. The predicted molar refractivity (Wildman–Crippen MR) is 84.5 cm³/mol. The normalized spacial score (nSPS) is 23.1. The molecule has 0 fully saturated rings. The average Bonchev–Trinajstić information content (AvgIpc) is 2.39. The third-order valence-corrected chi connectivity index (χ3v) is 4.66. The van der Waals surface area contributed by atoms with Crippen molar-refractivity contribution in [2.45, 2.75) is 58.8 Å². The van der Waals surface area contributed by atoms with Crippen molar-refractivity contribution in [3.05, 3.63) is 47.0 Å². The second-order valence-corrected chi connectivity index (χ2v) is 7.16. The largest absolute Gasteiger partial charge is 0.198 e. The second-order valence-electron chi connectivity index (χ2n) is 7.16. The molecule has 1 atom stereocenters. The number of rotatable bonds is 2. The number of allylic oxidation sites excluding steroid dienone is 2. The highest BCUT2D eigenvalue weighted by atomic mass is 14.4. The lowest BCUT2D eigenvalue weighted by molar-refractivity contribution is 0.353. The van der Waals surface area contributed by atoms with E-state index in [1.807, 2.05) is 0 Å². The van der Waals surface area contributed by atoms with Gasteiger partial charge in [-0.3, -0.25) is 0 Å². The molecule has 0 heterocycles. The van der Waals surface area contributed by atoms with Crippen LogP contribution in [0.4, 0.5) is 0 Å². The van der Waals surface area contributed by atoms with E-state index in [1.54, 1.807) is 0 Å². The van der Waals surface area contributed by atoms with Gasteiger partial charge in [-0.15, -0.1) is 0 Å². The van der Waals surface area contributed by atoms with Crippen molar-refractivity contribution < 1.29 is 0 Å². The quantitative estimate of drug-likeness (QED) is 0.667. The van der Waals surface area contributed by atoms with Gasteiger partial charge >= 0.3 is 0 Å². The smallest absolute Gasteiger partial charge is 0.0631 e. The van der Waals surface area contributed by atoms with E-state index < -0.39 is 0 Å². The zero-order chi connectivity index (χ0) is 14.8. The molecule has 0 amide bonds. The van der Waals surface area contributed by atoms with Crippen LogP contribution in [0.1, 0.15) is 57.6 Å². The van der Waals surface area contributed by atoms with Crippen LogP contribution in [0.2, 0.25) is 0 Å². The molecular formula is C19H25N. The van der Waals surface area contributed by atoms with Gasteiger partial charge in [0.2, 0.25) is 0 Å². The lowest BCUT2D eigenvalue weighted by atomic mass is 9.65. The molecule has 2 rings (SSSR count). The Balaban J connectivity index is 2.33. The molecule has 1 aliphatic rings. The van der Waals surface area contributed by atoms with Crippen molar-refractivity contribution >= 4 is 0 Å². The number of hydrogen-bond donors (Lipinski definition) is 0. The number of hydrogen-bond acceptors (Lipinski definition) is 1. The molecule has 106 valence electrons. The van der Waals surface area contributed by atoms with Gasteiger partial charge in [-0.05, 0) is 37.2 Å². The SMILES string of the molecule is Cc1ccc(C2(CC#N)CC=C(C(C)(C)C)CC2)cc1. The first-order valence-electron chi connectivity index (χ1n) is 7.51. The molecule has 0 radical (unpaired) electrons. The highest BCUT2D eigenvalue weighted by molar-refractivity contribution is 5.33. The Morgan fingerprint density at radius 1 is 1.20 bits per heavy atom. The van der Waals surface area contributed by atoms with Crippen LogP contribution in [0, 0.1) is 23.7 Å². The molecule has 0 N–H and O–H groups in total. The lowest BCUT2D eigenvalue weighted by Gasteiger charge is -2.38. The van der Waals surface area contributed by atoms with Crippen LogP contribution in [-0.2, 0) is 5.41 Å². The molecule has 1 aromatic rings. The molecule has 20 heavy (non-hydrogen) atoms. The van der Waals surface area contributed by atoms with Gasteiger partial charge in [0.25, 0.3) is 0 Å². The van der Waals surface area contributed by atoms with Gasteiger partial charge in [0.15, 0.2) is 0 Å². The van der Waals surface area contributed by atoms with Gasteiger partial charge in [-0.2, -0.15) is 5.26 Å². The summed E-state index contributed by atoms with van der Waals surface area (Å²) in [5.41, 5.74) is 4.43. The Bertz CT molecular complexity index is 537. The molecule has 0 spiro atoms. The summed E-state index contributed by atoms with van der Waals surface area (Å²) in [5.74, 6) is 0. The first-order valence-corrected chi connectivity index (χ1v) is 7.51. The van der Waals surface area contributed by atoms with Gasteiger partial charge < -0.3 is 0 Å². The van der Waals surface area contributed by atoms with Crippen LogP contribution in [0.15, 0.2) is 35.9 Å². The van der Waals surface area contributed by atoms with Crippen LogP contribution in [0.5, 0.6) is 0 Å². The fourth-order valence-electron chi connectivity index (χ4n) is 3.16. The van der Waals surface area contributed by atoms with Crippen LogP contribution >= 0.6 is 0 Å². The second kappa shape index (κ2) is 5.44. The summed E-state index contributed by atoms with van der Waals surface area (Å²) < 4.78 is 0. The summed E-state index contributed by atoms with van der Waals surface area (Å²) in [6, 6.07) is 11.2. The lowest BCUT2D eigenvalue weighted by Crippen LogP contribution is -2.30. The van der Waals surface area contributed by atoms with Crippen LogP contribution < -0.4 is 0 Å². The van der Waals surface area contributed by atoms with E-state index in [-0.39, 0.29) is 10.8 Å². The van der Waals surface area contributed by atoms with E-state index in [0.29, 0.717) is 6.42 Å². The first-order chi connectivity index (χ1) is 9.37. The Hall–Kier alpha value is -1.55. The summed E-state index contributed by atoms with van der Waals surface area (Å²) in [4.78, 5) is 0. The topological polar surface area (TPSA) is 23.8 Å². The third kappa shape index (κ3) is 2.96. The third-order valence-electron chi connectivity index (χ3n) is 4.66. The molecule has 1 aliphatic carbocycles. The van der Waals surface area contributed by atoms with E-state index >= 15 is 0 Å². The summed E-state index contributed by atoms with van der Waals surface area (Å²) in [7, 11) is 0. The molecular weight excluding hydrogens is 242 g/mol. The van der Waals surface area contributed by atoms with E-state index in [0.717, 1.165) is 19.3 Å². The van der Waals surface area contributed by atoms with Gasteiger partial charge in [-0.25, -0.2) is 0 Å². The summed E-state index contributed by atoms with van der Waals surface area (Å²) >= 11 is 0. The van der Waals surface area contributed by atoms with Crippen molar-refractivity contribution in [1.82, 2.24) is 0 Å². The minimum absolute atomic E-state index is 0.0250. The highest BCUT2D eigenvalue weighted by Gasteiger charge is 2.35. The Morgan fingerprint density at radius 3 is 2.30 bits per heavy atom. The molecule has 0 aliphatic heterocycles. The molecule has 1 unspecified atom stereocenters. The summed E-state index contributed by atoms with van der Waals surface area (Å²) in [6.07, 6.45) is 6.20. The van der Waals surface area contributed by atoms with Crippen LogP contribution in [0.3, 0.4) is 0 Å². The maximum Gasteiger partial charge on any atom is 0.0631 e. The summed E-state index contributed by atoms with van der Waals surface area (Å²) in [6.45, 7) is 8.95. The van der Waals surface area contributed by atoms with Crippen LogP contribution in [0.25, 0.3) is 0 Å². The maximum atomic E-state index is 9.25. The zero-order valence-electron chi connectivity index (χ0n) is 13.2. The monoisotopic (exact) mass is 267 g/mol. The fraction of sp³-hybridized carbons (Fsp3) is 0.526. The summed E-state index contributed by atoms with van der Waals surface area (Å²) in [5, 5.41) is 9.25. The number of nitrogens with zero attached hydrogens (tertiary/aromatic N) is 1. The minimum atomic E-state index is 0.0250. The van der Waals surface area contributed by atoms with Crippen molar-refractivity contribution in [2.24, 2.45) is 5.41 Å². The maximum absolute atomic E-state index is 9.25. The highest BCUT2D eigenvalue weighted by Crippen LogP contribution is 2.45. The molecule has 1 aromatic carbocycles.